The summed E-state index contributed by atoms with van der Waals surface area (Å²) >= 11 is 10.1. The number of amides is 1. The lowest BCUT2D eigenvalue weighted by atomic mass is 10.2. The van der Waals surface area contributed by atoms with Gasteiger partial charge in [0.1, 0.15) is 5.69 Å². The highest BCUT2D eigenvalue weighted by atomic mass is 35.5. The fourth-order valence-electron chi connectivity index (χ4n) is 2.19. The van der Waals surface area contributed by atoms with Crippen LogP contribution in [0.25, 0.3) is 5.69 Å². The summed E-state index contributed by atoms with van der Waals surface area (Å²) in [5.74, 6) is -0.0759. The summed E-state index contributed by atoms with van der Waals surface area (Å²) in [6.07, 6.45) is -0.747. The molecule has 2 rings (SSSR count). The molecule has 2 aromatic heterocycles. The lowest BCUT2D eigenvalue weighted by molar-refractivity contribution is -0.135. The van der Waals surface area contributed by atoms with Gasteiger partial charge in [-0.25, -0.2) is 4.68 Å². The molecule has 0 bridgehead atoms. The van der Waals surface area contributed by atoms with E-state index in [0.29, 0.717) is 5.69 Å². The number of anilines is 1. The van der Waals surface area contributed by atoms with Gasteiger partial charge < -0.3 is 4.90 Å². The number of thiol groups is 1. The molecule has 0 saturated heterocycles. The van der Waals surface area contributed by atoms with E-state index in [1.807, 2.05) is 0 Å². The highest BCUT2D eigenvalue weighted by Gasteiger charge is 2.28. The molecule has 0 aliphatic carbocycles. The number of carbonyl (C=O) groups excluding carboxylic acids is 1. The SMILES string of the molecule is O=C(CCS)N(CCCC(F)(F)F)c1cn(-c2cccnc2)nc1Cl. The van der Waals surface area contributed by atoms with E-state index in [2.05, 4.69) is 22.7 Å². The van der Waals surface area contributed by atoms with E-state index in [4.69, 9.17) is 11.6 Å². The standard InChI is InChI=1S/C15H16ClF3N4OS/c16-14-12(10-23(21-14)11-3-1-6-20-9-11)22(13(24)4-8-25)7-2-5-15(17,18)19/h1,3,6,9-10,25H,2,4-5,7-8H2. The summed E-state index contributed by atoms with van der Waals surface area (Å²) in [6, 6.07) is 3.45. The third kappa shape index (κ3) is 5.64. The molecule has 5 nitrogen and oxygen atoms in total. The number of rotatable bonds is 7. The quantitative estimate of drug-likeness (QED) is 0.727. The summed E-state index contributed by atoms with van der Waals surface area (Å²) in [6.45, 7) is -0.107. The summed E-state index contributed by atoms with van der Waals surface area (Å²) < 4.78 is 38.6. The molecular formula is C15H16ClF3N4OS. The molecule has 0 fully saturated rings. The summed E-state index contributed by atoms with van der Waals surface area (Å²) in [5.41, 5.74) is 0.881. The maximum absolute atomic E-state index is 12.4. The second-order valence-corrected chi connectivity index (χ2v) is 6.00. The van der Waals surface area contributed by atoms with Crippen molar-refractivity contribution in [2.75, 3.05) is 17.2 Å². The molecule has 0 N–H and O–H groups in total. The van der Waals surface area contributed by atoms with Crippen LogP contribution in [0.2, 0.25) is 5.15 Å². The number of nitrogens with zero attached hydrogens (tertiary/aromatic N) is 4. The van der Waals surface area contributed by atoms with Crippen LogP contribution in [0.1, 0.15) is 19.3 Å². The predicted octanol–water partition coefficient (Wildman–Crippen LogP) is 3.92. The number of aromatic nitrogens is 3. The summed E-state index contributed by atoms with van der Waals surface area (Å²) in [7, 11) is 0. The Hall–Kier alpha value is -1.74. The molecule has 0 unspecified atom stereocenters. The Bertz CT molecular complexity index is 709. The van der Waals surface area contributed by atoms with Crippen LogP contribution in [0.15, 0.2) is 30.7 Å². The Morgan fingerprint density at radius 3 is 2.76 bits per heavy atom. The van der Waals surface area contributed by atoms with E-state index < -0.39 is 12.6 Å². The molecule has 136 valence electrons. The Balaban J connectivity index is 2.24. The molecule has 0 aromatic carbocycles. The van der Waals surface area contributed by atoms with Gasteiger partial charge in [0, 0.05) is 25.6 Å². The van der Waals surface area contributed by atoms with Gasteiger partial charge in [0.05, 0.1) is 18.1 Å². The lowest BCUT2D eigenvalue weighted by Crippen LogP contribution is -2.32. The van der Waals surface area contributed by atoms with Crippen molar-refractivity contribution >= 4 is 35.8 Å². The highest BCUT2D eigenvalue weighted by molar-refractivity contribution is 7.80. The smallest absolute Gasteiger partial charge is 0.308 e. The van der Waals surface area contributed by atoms with E-state index in [0.717, 1.165) is 0 Å². The fourth-order valence-corrected chi connectivity index (χ4v) is 2.62. The molecule has 0 saturated carbocycles. The normalized spacial score (nSPS) is 11.6. The zero-order valence-corrected chi connectivity index (χ0v) is 14.7. The number of carbonyl (C=O) groups is 1. The van der Waals surface area contributed by atoms with Gasteiger partial charge in [0.15, 0.2) is 5.15 Å². The number of hydrogen-bond donors (Lipinski definition) is 1. The highest BCUT2D eigenvalue weighted by Crippen LogP contribution is 2.28. The first-order chi connectivity index (χ1) is 11.8. The maximum Gasteiger partial charge on any atom is 0.389 e. The Morgan fingerprint density at radius 2 is 2.16 bits per heavy atom. The van der Waals surface area contributed by atoms with Gasteiger partial charge in [0.2, 0.25) is 5.91 Å². The number of pyridine rings is 1. The average Bonchev–Trinajstić information content (AvgIpc) is 2.93. The maximum atomic E-state index is 12.4. The largest absolute Gasteiger partial charge is 0.389 e. The lowest BCUT2D eigenvalue weighted by Gasteiger charge is -2.21. The molecule has 0 radical (unpaired) electrons. The third-order valence-electron chi connectivity index (χ3n) is 3.32. The number of hydrogen-bond acceptors (Lipinski definition) is 4. The zero-order valence-electron chi connectivity index (χ0n) is 13.1. The van der Waals surface area contributed by atoms with Gasteiger partial charge in [-0.15, -0.1) is 0 Å². The molecule has 0 spiro atoms. The minimum absolute atomic E-state index is 0.0309. The summed E-state index contributed by atoms with van der Waals surface area (Å²) in [5, 5.41) is 4.14. The van der Waals surface area contributed by atoms with Gasteiger partial charge in [-0.2, -0.15) is 30.9 Å². The van der Waals surface area contributed by atoms with E-state index in [-0.39, 0.29) is 41.9 Å². The first-order valence-electron chi connectivity index (χ1n) is 7.45. The monoisotopic (exact) mass is 392 g/mol. The first-order valence-corrected chi connectivity index (χ1v) is 8.46. The Labute approximate surface area is 153 Å². The van der Waals surface area contributed by atoms with Crippen LogP contribution in [0, 0.1) is 0 Å². The van der Waals surface area contributed by atoms with Crippen LogP contribution >= 0.6 is 24.2 Å². The molecule has 0 atom stereocenters. The van der Waals surface area contributed by atoms with Crippen molar-refractivity contribution in [3.63, 3.8) is 0 Å². The van der Waals surface area contributed by atoms with E-state index in [9.17, 15) is 18.0 Å². The molecule has 0 aliphatic rings. The summed E-state index contributed by atoms with van der Waals surface area (Å²) in [4.78, 5) is 17.5. The first kappa shape index (κ1) is 19.6. The van der Waals surface area contributed by atoms with E-state index in [1.165, 1.54) is 15.8 Å². The number of alkyl halides is 3. The van der Waals surface area contributed by atoms with Crippen molar-refractivity contribution in [1.29, 1.82) is 0 Å². The molecule has 25 heavy (non-hydrogen) atoms. The van der Waals surface area contributed by atoms with E-state index in [1.54, 1.807) is 24.5 Å². The Morgan fingerprint density at radius 1 is 1.40 bits per heavy atom. The van der Waals surface area contributed by atoms with Crippen LogP contribution in [-0.4, -0.2) is 39.1 Å². The van der Waals surface area contributed by atoms with Crippen LogP contribution in [0.3, 0.4) is 0 Å². The number of halogens is 4. The van der Waals surface area contributed by atoms with Gasteiger partial charge >= 0.3 is 6.18 Å². The molecule has 10 heteroatoms. The van der Waals surface area contributed by atoms with Crippen molar-refractivity contribution in [3.8, 4) is 5.69 Å². The average molecular weight is 393 g/mol. The van der Waals surface area contributed by atoms with Gasteiger partial charge in [-0.05, 0) is 24.3 Å². The Kier molecular flexibility index (Phi) is 6.71. The molecule has 2 heterocycles. The minimum Gasteiger partial charge on any atom is -0.308 e. The van der Waals surface area contributed by atoms with Gasteiger partial charge in [-0.1, -0.05) is 11.6 Å². The van der Waals surface area contributed by atoms with Crippen molar-refractivity contribution < 1.29 is 18.0 Å². The van der Waals surface area contributed by atoms with Crippen LogP contribution < -0.4 is 4.90 Å². The fraction of sp³-hybridized carbons (Fsp3) is 0.400. The van der Waals surface area contributed by atoms with E-state index >= 15 is 0 Å². The van der Waals surface area contributed by atoms with Crippen LogP contribution in [-0.2, 0) is 4.79 Å². The van der Waals surface area contributed by atoms with Crippen molar-refractivity contribution in [1.82, 2.24) is 14.8 Å². The molecule has 0 aliphatic heterocycles. The molecule has 1 amide bonds. The second-order valence-electron chi connectivity index (χ2n) is 5.20. The predicted molar refractivity (Wildman–Crippen MR) is 92.5 cm³/mol. The molecular weight excluding hydrogens is 377 g/mol. The molecule has 2 aromatic rings. The topological polar surface area (TPSA) is 51.0 Å². The van der Waals surface area contributed by atoms with Crippen molar-refractivity contribution in [2.45, 2.75) is 25.4 Å². The minimum atomic E-state index is -4.28. The van der Waals surface area contributed by atoms with Crippen LogP contribution in [0.4, 0.5) is 18.9 Å². The zero-order chi connectivity index (χ0) is 18.4. The van der Waals surface area contributed by atoms with Crippen molar-refractivity contribution in [3.05, 3.63) is 35.9 Å². The van der Waals surface area contributed by atoms with Gasteiger partial charge in [-0.3, -0.25) is 9.78 Å². The van der Waals surface area contributed by atoms with Crippen molar-refractivity contribution in [2.24, 2.45) is 0 Å². The van der Waals surface area contributed by atoms with Crippen LogP contribution in [0.5, 0.6) is 0 Å². The third-order valence-corrected chi connectivity index (χ3v) is 3.81. The second kappa shape index (κ2) is 8.57. The van der Waals surface area contributed by atoms with Gasteiger partial charge in [0.25, 0.3) is 0 Å².